The number of halogens is 3. The number of benzene rings is 2. The fourth-order valence-corrected chi connectivity index (χ4v) is 5.79. The number of carbonyl (C=O) groups excluding carboxylic acids is 1. The van der Waals surface area contributed by atoms with Crippen molar-refractivity contribution in [3.8, 4) is 16.9 Å². The van der Waals surface area contributed by atoms with Gasteiger partial charge in [-0.2, -0.15) is 13.2 Å². The van der Waals surface area contributed by atoms with E-state index < -0.39 is 17.7 Å². The van der Waals surface area contributed by atoms with Crippen molar-refractivity contribution in [3.05, 3.63) is 54.1 Å². The summed E-state index contributed by atoms with van der Waals surface area (Å²) in [6.45, 7) is 6.32. The molecule has 1 atom stereocenters. The molecule has 0 aromatic heterocycles. The van der Waals surface area contributed by atoms with Crippen LogP contribution in [0.25, 0.3) is 11.1 Å². The summed E-state index contributed by atoms with van der Waals surface area (Å²) in [6, 6.07) is 15.4. The Balaban J connectivity index is 1.25. The fraction of sp³-hybridized carbons (Fsp3) is 0.581. The highest BCUT2D eigenvalue weighted by Crippen LogP contribution is 2.45. The summed E-state index contributed by atoms with van der Waals surface area (Å²) in [5, 5.41) is 9.85. The van der Waals surface area contributed by atoms with Crippen molar-refractivity contribution in [3.63, 3.8) is 0 Å². The summed E-state index contributed by atoms with van der Waals surface area (Å²) >= 11 is 0. The van der Waals surface area contributed by atoms with Gasteiger partial charge in [-0.1, -0.05) is 38.1 Å². The predicted molar refractivity (Wildman–Crippen MR) is 147 cm³/mol. The van der Waals surface area contributed by atoms with E-state index in [-0.39, 0.29) is 25.3 Å². The minimum atomic E-state index is -4.18. The number of aliphatic hydroxyl groups excluding tert-OH is 1. The second kappa shape index (κ2) is 12.7. The quantitative estimate of drug-likeness (QED) is 0.395. The zero-order chi connectivity index (χ0) is 28.0. The van der Waals surface area contributed by atoms with Gasteiger partial charge in [0.15, 0.2) is 0 Å². The third-order valence-electron chi connectivity index (χ3n) is 8.68. The summed E-state index contributed by atoms with van der Waals surface area (Å²) in [7, 11) is 0. The van der Waals surface area contributed by atoms with Crippen LogP contribution in [0.5, 0.6) is 5.75 Å². The number of likely N-dealkylation sites (tertiary alicyclic amines) is 2. The fourth-order valence-electron chi connectivity index (χ4n) is 5.79. The number of aliphatic hydroxyl groups is 1. The molecule has 2 saturated heterocycles. The molecular weight excluding hydrogens is 505 g/mol. The van der Waals surface area contributed by atoms with Gasteiger partial charge in [0, 0.05) is 25.2 Å². The highest BCUT2D eigenvalue weighted by Gasteiger charge is 2.52. The first-order valence-corrected chi connectivity index (χ1v) is 14.2. The van der Waals surface area contributed by atoms with Gasteiger partial charge < -0.3 is 19.6 Å². The van der Waals surface area contributed by atoms with E-state index in [0.29, 0.717) is 44.3 Å². The van der Waals surface area contributed by atoms with E-state index >= 15 is 0 Å². The SMILES string of the molecule is CCC(CC)(CN1CCC(COc2ccc(-c3ccc(C(=O)N4CCC[C@@H](O)C4)cc3)cc2)CC1)C(F)(F)F. The highest BCUT2D eigenvalue weighted by atomic mass is 19.4. The number of rotatable bonds is 9. The van der Waals surface area contributed by atoms with Crippen LogP contribution in [0.3, 0.4) is 0 Å². The Labute approximate surface area is 229 Å². The Morgan fingerprint density at radius 1 is 0.923 bits per heavy atom. The first kappa shape index (κ1) is 29.4. The monoisotopic (exact) mass is 546 g/mol. The molecule has 214 valence electrons. The van der Waals surface area contributed by atoms with E-state index in [2.05, 4.69) is 0 Å². The average molecular weight is 547 g/mol. The maximum absolute atomic E-state index is 13.7. The summed E-state index contributed by atoms with van der Waals surface area (Å²) in [5.74, 6) is 1.05. The second-order valence-corrected chi connectivity index (χ2v) is 11.2. The number of β-amino-alcohol motifs (C(OH)–C–C–N with tert-alkyl or cyclic N) is 1. The molecule has 39 heavy (non-hydrogen) atoms. The van der Waals surface area contributed by atoms with Crippen LogP contribution in [0.4, 0.5) is 13.2 Å². The Morgan fingerprint density at radius 2 is 1.51 bits per heavy atom. The van der Waals surface area contributed by atoms with Gasteiger partial charge in [-0.15, -0.1) is 0 Å². The van der Waals surface area contributed by atoms with Crippen LogP contribution in [0.15, 0.2) is 48.5 Å². The molecule has 0 radical (unpaired) electrons. The Hall–Kier alpha value is -2.58. The number of hydrogen-bond acceptors (Lipinski definition) is 4. The molecular formula is C31H41F3N2O3. The number of amides is 1. The van der Waals surface area contributed by atoms with E-state index in [4.69, 9.17) is 4.74 Å². The largest absolute Gasteiger partial charge is 0.493 e. The molecule has 5 nitrogen and oxygen atoms in total. The smallest absolute Gasteiger partial charge is 0.395 e. The number of hydrogen-bond donors (Lipinski definition) is 1. The average Bonchev–Trinajstić information content (AvgIpc) is 2.95. The molecule has 2 heterocycles. The minimum absolute atomic E-state index is 0.0507. The zero-order valence-corrected chi connectivity index (χ0v) is 23.1. The summed E-state index contributed by atoms with van der Waals surface area (Å²) in [6.07, 6.45) is -1.18. The lowest BCUT2D eigenvalue weighted by molar-refractivity contribution is -0.233. The number of piperidine rings is 2. The van der Waals surface area contributed by atoms with Crippen LogP contribution in [-0.4, -0.2) is 72.4 Å². The lowest BCUT2D eigenvalue weighted by atomic mass is 9.80. The predicted octanol–water partition coefficient (Wildman–Crippen LogP) is 6.41. The first-order valence-electron chi connectivity index (χ1n) is 14.2. The van der Waals surface area contributed by atoms with Gasteiger partial charge >= 0.3 is 6.18 Å². The van der Waals surface area contributed by atoms with E-state index in [1.807, 2.05) is 53.4 Å². The van der Waals surface area contributed by atoms with E-state index in [9.17, 15) is 23.1 Å². The normalized spacial score (nSPS) is 19.7. The van der Waals surface area contributed by atoms with Crippen LogP contribution < -0.4 is 4.74 Å². The minimum Gasteiger partial charge on any atom is -0.493 e. The zero-order valence-electron chi connectivity index (χ0n) is 23.1. The number of carbonyl (C=O) groups is 1. The molecule has 2 aliphatic rings. The van der Waals surface area contributed by atoms with Gasteiger partial charge in [0.05, 0.1) is 18.1 Å². The van der Waals surface area contributed by atoms with Crippen molar-refractivity contribution in [1.29, 1.82) is 0 Å². The number of ether oxygens (including phenoxy) is 1. The van der Waals surface area contributed by atoms with Gasteiger partial charge in [-0.25, -0.2) is 0 Å². The highest BCUT2D eigenvalue weighted by molar-refractivity contribution is 5.94. The topological polar surface area (TPSA) is 53.0 Å². The third kappa shape index (κ3) is 7.14. The maximum atomic E-state index is 13.7. The molecule has 0 spiro atoms. The molecule has 2 aromatic rings. The van der Waals surface area contributed by atoms with Gasteiger partial charge in [-0.05, 0) is 92.9 Å². The first-order chi connectivity index (χ1) is 18.6. The molecule has 2 aliphatic heterocycles. The number of nitrogens with zero attached hydrogens (tertiary/aromatic N) is 2. The third-order valence-corrected chi connectivity index (χ3v) is 8.68. The molecule has 0 bridgehead atoms. The molecule has 8 heteroatoms. The summed E-state index contributed by atoms with van der Waals surface area (Å²) in [4.78, 5) is 16.4. The lowest BCUT2D eigenvalue weighted by Crippen LogP contribution is -2.49. The molecule has 0 saturated carbocycles. The van der Waals surface area contributed by atoms with Crippen LogP contribution in [0.2, 0.25) is 0 Å². The molecule has 0 unspecified atom stereocenters. The van der Waals surface area contributed by atoms with Crippen LogP contribution in [0.1, 0.15) is 62.7 Å². The lowest BCUT2D eigenvalue weighted by Gasteiger charge is -2.41. The van der Waals surface area contributed by atoms with Crippen molar-refractivity contribution in [2.45, 2.75) is 64.7 Å². The molecule has 1 amide bonds. The molecule has 4 rings (SSSR count). The Kier molecular flexibility index (Phi) is 9.60. The standard InChI is InChI=1S/C31H41F3N2O3/c1-3-30(4-2,31(32,33)34)22-35-18-15-23(16-19-35)21-39-28-13-11-25(12-14-28)24-7-9-26(10-8-24)29(38)36-17-5-6-27(37)20-36/h7-14,23,27,37H,3-6,15-22H2,1-2H3/t27-/m1/s1. The van der Waals surface area contributed by atoms with Gasteiger partial charge in [0.2, 0.25) is 0 Å². The summed E-state index contributed by atoms with van der Waals surface area (Å²) < 4.78 is 47.2. The molecule has 2 fully saturated rings. The number of alkyl halides is 3. The van der Waals surface area contributed by atoms with Gasteiger partial charge in [0.1, 0.15) is 5.75 Å². The van der Waals surface area contributed by atoms with Crippen molar-refractivity contribution >= 4 is 5.91 Å². The molecule has 0 aliphatic carbocycles. The van der Waals surface area contributed by atoms with Crippen LogP contribution >= 0.6 is 0 Å². The van der Waals surface area contributed by atoms with E-state index in [1.54, 1.807) is 18.7 Å². The molecule has 1 N–H and O–H groups in total. The van der Waals surface area contributed by atoms with Crippen LogP contribution in [0, 0.1) is 11.3 Å². The summed E-state index contributed by atoms with van der Waals surface area (Å²) in [5.41, 5.74) is 1.01. The van der Waals surface area contributed by atoms with Crippen molar-refractivity contribution < 1.29 is 27.8 Å². The van der Waals surface area contributed by atoms with Crippen molar-refractivity contribution in [2.75, 3.05) is 39.3 Å². The maximum Gasteiger partial charge on any atom is 0.395 e. The van der Waals surface area contributed by atoms with E-state index in [0.717, 1.165) is 42.6 Å². The van der Waals surface area contributed by atoms with Crippen molar-refractivity contribution in [1.82, 2.24) is 9.80 Å². The van der Waals surface area contributed by atoms with Gasteiger partial charge in [-0.3, -0.25) is 4.79 Å². The van der Waals surface area contributed by atoms with Crippen LogP contribution in [-0.2, 0) is 0 Å². The Morgan fingerprint density at radius 3 is 2.05 bits per heavy atom. The Bertz CT molecular complexity index is 1060. The van der Waals surface area contributed by atoms with Gasteiger partial charge in [0.25, 0.3) is 5.91 Å². The second-order valence-electron chi connectivity index (χ2n) is 11.2. The van der Waals surface area contributed by atoms with Crippen molar-refractivity contribution in [2.24, 2.45) is 11.3 Å². The van der Waals surface area contributed by atoms with E-state index in [1.165, 1.54) is 0 Å². The molecule has 2 aromatic carbocycles.